The fourth-order valence-electron chi connectivity index (χ4n) is 1.98. The first-order chi connectivity index (χ1) is 11.2. The molecule has 0 atom stereocenters. The number of rotatable bonds is 4. The van der Waals surface area contributed by atoms with Crippen LogP contribution in [0.1, 0.15) is 10.4 Å². The van der Waals surface area contributed by atoms with Gasteiger partial charge >= 0.3 is 6.01 Å². The van der Waals surface area contributed by atoms with Gasteiger partial charge in [0.25, 0.3) is 5.91 Å². The summed E-state index contributed by atoms with van der Waals surface area (Å²) in [6.45, 7) is 0. The molecule has 0 unspecified atom stereocenters. The van der Waals surface area contributed by atoms with Gasteiger partial charge in [-0.25, -0.2) is 4.39 Å². The fraction of sp³-hybridized carbons (Fsp3) is 0.0625. The largest absolute Gasteiger partial charge is 0.403 e. The summed E-state index contributed by atoms with van der Waals surface area (Å²) in [5.74, 6) is -0.474. The Hall–Kier alpha value is -2.67. The minimum Gasteiger partial charge on any atom is -0.403 e. The van der Waals surface area contributed by atoms with Crippen LogP contribution in [0.15, 0.2) is 57.8 Å². The molecule has 0 aliphatic heterocycles. The number of nitrogens with one attached hydrogen (secondary N) is 1. The SMILES string of the molecule is CSc1ccccc1C(=O)Nc1nnc(-c2ccc(F)cc2)o1. The van der Waals surface area contributed by atoms with Crippen molar-refractivity contribution in [3.05, 3.63) is 59.9 Å². The van der Waals surface area contributed by atoms with Crippen molar-refractivity contribution in [3.63, 3.8) is 0 Å². The molecule has 1 aromatic heterocycles. The summed E-state index contributed by atoms with van der Waals surface area (Å²) in [6.07, 6.45) is 1.89. The number of carbonyl (C=O) groups is 1. The smallest absolute Gasteiger partial charge is 0.322 e. The molecule has 1 N–H and O–H groups in total. The van der Waals surface area contributed by atoms with Crippen molar-refractivity contribution in [1.82, 2.24) is 10.2 Å². The molecule has 23 heavy (non-hydrogen) atoms. The normalized spacial score (nSPS) is 10.5. The van der Waals surface area contributed by atoms with Crippen LogP contribution in [0.4, 0.5) is 10.4 Å². The van der Waals surface area contributed by atoms with Crippen LogP contribution in [0.3, 0.4) is 0 Å². The molecule has 1 heterocycles. The molecular weight excluding hydrogens is 317 g/mol. The molecular formula is C16H12FN3O2S. The van der Waals surface area contributed by atoms with Gasteiger partial charge in [0.2, 0.25) is 5.89 Å². The Morgan fingerprint density at radius 2 is 1.87 bits per heavy atom. The summed E-state index contributed by atoms with van der Waals surface area (Å²) in [4.78, 5) is 13.1. The summed E-state index contributed by atoms with van der Waals surface area (Å²) in [6, 6.07) is 12.9. The van der Waals surface area contributed by atoms with Crippen molar-refractivity contribution in [1.29, 1.82) is 0 Å². The number of thioether (sulfide) groups is 1. The van der Waals surface area contributed by atoms with Gasteiger partial charge in [-0.2, -0.15) is 0 Å². The van der Waals surface area contributed by atoms with Gasteiger partial charge < -0.3 is 4.42 Å². The first-order valence-corrected chi connectivity index (χ1v) is 7.93. The zero-order valence-corrected chi connectivity index (χ0v) is 12.9. The van der Waals surface area contributed by atoms with Crippen molar-refractivity contribution >= 4 is 23.7 Å². The highest BCUT2D eigenvalue weighted by atomic mass is 32.2. The summed E-state index contributed by atoms with van der Waals surface area (Å²) in [5.41, 5.74) is 1.10. The summed E-state index contributed by atoms with van der Waals surface area (Å²) in [7, 11) is 0. The van der Waals surface area contributed by atoms with Crippen LogP contribution < -0.4 is 5.32 Å². The fourth-order valence-corrected chi connectivity index (χ4v) is 2.57. The number of carbonyl (C=O) groups excluding carboxylic acids is 1. The van der Waals surface area contributed by atoms with Gasteiger partial charge in [-0.1, -0.05) is 17.2 Å². The number of nitrogens with zero attached hydrogens (tertiary/aromatic N) is 2. The van der Waals surface area contributed by atoms with Crippen LogP contribution in [0.2, 0.25) is 0 Å². The highest BCUT2D eigenvalue weighted by Crippen LogP contribution is 2.23. The van der Waals surface area contributed by atoms with Crippen LogP contribution in [-0.4, -0.2) is 22.4 Å². The topological polar surface area (TPSA) is 68.0 Å². The highest BCUT2D eigenvalue weighted by Gasteiger charge is 2.15. The van der Waals surface area contributed by atoms with Crippen LogP contribution in [0.5, 0.6) is 0 Å². The lowest BCUT2D eigenvalue weighted by atomic mass is 10.2. The van der Waals surface area contributed by atoms with Gasteiger partial charge in [-0.05, 0) is 42.7 Å². The van der Waals surface area contributed by atoms with Gasteiger partial charge in [0.05, 0.1) is 5.56 Å². The third-order valence-corrected chi connectivity index (χ3v) is 3.88. The number of amides is 1. The molecule has 116 valence electrons. The van der Waals surface area contributed by atoms with E-state index in [4.69, 9.17) is 4.42 Å². The van der Waals surface area contributed by atoms with E-state index in [0.29, 0.717) is 11.1 Å². The second-order valence-electron chi connectivity index (χ2n) is 4.57. The van der Waals surface area contributed by atoms with Crippen LogP contribution >= 0.6 is 11.8 Å². The number of benzene rings is 2. The molecule has 0 fully saturated rings. The lowest BCUT2D eigenvalue weighted by molar-refractivity contribution is 0.102. The van der Waals surface area contributed by atoms with Crippen LogP contribution in [0.25, 0.3) is 11.5 Å². The predicted octanol–water partition coefficient (Wildman–Crippen LogP) is 3.85. The molecule has 0 saturated heterocycles. The number of hydrogen-bond acceptors (Lipinski definition) is 5. The second kappa shape index (κ2) is 6.62. The maximum atomic E-state index is 12.9. The van der Waals surface area contributed by atoms with Crippen molar-refractivity contribution in [2.45, 2.75) is 4.90 Å². The van der Waals surface area contributed by atoms with E-state index in [1.807, 2.05) is 18.4 Å². The van der Waals surface area contributed by atoms with Gasteiger partial charge in [-0.3, -0.25) is 10.1 Å². The molecule has 3 rings (SSSR count). The monoisotopic (exact) mass is 329 g/mol. The Kier molecular flexibility index (Phi) is 4.38. The van der Waals surface area contributed by atoms with Crippen molar-refractivity contribution in [2.24, 2.45) is 0 Å². The zero-order valence-electron chi connectivity index (χ0n) is 12.1. The first-order valence-electron chi connectivity index (χ1n) is 6.71. The molecule has 1 amide bonds. The first kappa shape index (κ1) is 15.2. The van der Waals surface area contributed by atoms with Crippen LogP contribution in [0, 0.1) is 5.82 Å². The molecule has 0 radical (unpaired) electrons. The van der Waals surface area contributed by atoms with Crippen LogP contribution in [-0.2, 0) is 0 Å². The molecule has 0 spiro atoms. The molecule has 0 saturated carbocycles. The van der Waals surface area contributed by atoms with E-state index in [1.54, 1.807) is 12.1 Å². The quantitative estimate of drug-likeness (QED) is 0.736. The predicted molar refractivity (Wildman–Crippen MR) is 85.9 cm³/mol. The molecule has 0 bridgehead atoms. The molecule has 5 nitrogen and oxygen atoms in total. The van der Waals surface area contributed by atoms with Gasteiger partial charge in [0, 0.05) is 10.5 Å². The van der Waals surface area contributed by atoms with E-state index >= 15 is 0 Å². The van der Waals surface area contributed by atoms with E-state index in [2.05, 4.69) is 15.5 Å². The minimum absolute atomic E-state index is 0.00905. The second-order valence-corrected chi connectivity index (χ2v) is 5.42. The summed E-state index contributed by atoms with van der Waals surface area (Å²) in [5, 5.41) is 10.2. The standard InChI is InChI=1S/C16H12FN3O2S/c1-23-13-5-3-2-4-12(13)14(21)18-16-20-19-15(22-16)10-6-8-11(17)9-7-10/h2-9H,1H3,(H,18,20,21). The van der Waals surface area contributed by atoms with Gasteiger partial charge in [0.1, 0.15) is 5.82 Å². The Bertz CT molecular complexity index is 833. The van der Waals surface area contributed by atoms with E-state index in [1.165, 1.54) is 36.0 Å². The molecule has 3 aromatic rings. The minimum atomic E-state index is -0.351. The number of aromatic nitrogens is 2. The summed E-state index contributed by atoms with van der Waals surface area (Å²) < 4.78 is 18.3. The highest BCUT2D eigenvalue weighted by molar-refractivity contribution is 7.98. The van der Waals surface area contributed by atoms with Crippen molar-refractivity contribution < 1.29 is 13.6 Å². The third-order valence-electron chi connectivity index (χ3n) is 3.09. The Labute approximate surface area is 135 Å². The van der Waals surface area contributed by atoms with Gasteiger partial charge in [0.15, 0.2) is 0 Å². The van der Waals surface area contributed by atoms with E-state index in [9.17, 15) is 9.18 Å². The number of anilines is 1. The Morgan fingerprint density at radius 3 is 2.61 bits per heavy atom. The Morgan fingerprint density at radius 1 is 1.13 bits per heavy atom. The summed E-state index contributed by atoms with van der Waals surface area (Å²) >= 11 is 1.47. The van der Waals surface area contributed by atoms with E-state index in [0.717, 1.165) is 4.90 Å². The van der Waals surface area contributed by atoms with E-state index in [-0.39, 0.29) is 23.6 Å². The maximum Gasteiger partial charge on any atom is 0.322 e. The number of hydrogen-bond donors (Lipinski definition) is 1. The average molecular weight is 329 g/mol. The maximum absolute atomic E-state index is 12.9. The average Bonchev–Trinajstić information content (AvgIpc) is 3.04. The number of halogens is 1. The van der Waals surface area contributed by atoms with Gasteiger partial charge in [-0.15, -0.1) is 16.9 Å². The Balaban J connectivity index is 1.79. The van der Waals surface area contributed by atoms with Crippen molar-refractivity contribution in [3.8, 4) is 11.5 Å². The zero-order chi connectivity index (χ0) is 16.2. The molecule has 0 aliphatic rings. The third kappa shape index (κ3) is 3.40. The lowest BCUT2D eigenvalue weighted by Crippen LogP contribution is -2.13. The van der Waals surface area contributed by atoms with Crippen molar-refractivity contribution in [2.75, 3.05) is 11.6 Å². The molecule has 0 aliphatic carbocycles. The molecule has 7 heteroatoms. The van der Waals surface area contributed by atoms with E-state index < -0.39 is 0 Å². The lowest BCUT2D eigenvalue weighted by Gasteiger charge is -2.05. The molecule has 2 aromatic carbocycles.